The maximum atomic E-state index is 5.42. The van der Waals surface area contributed by atoms with Crippen LogP contribution in [-0.4, -0.2) is 19.9 Å². The van der Waals surface area contributed by atoms with E-state index in [9.17, 15) is 0 Å². The Morgan fingerprint density at radius 2 is 1.44 bits per heavy atom. The molecule has 0 amide bonds. The van der Waals surface area contributed by atoms with Gasteiger partial charge in [-0.05, 0) is 20.8 Å². The van der Waals surface area contributed by atoms with Gasteiger partial charge >= 0.3 is 0 Å². The number of anilines is 2. The first-order chi connectivity index (χ1) is 7.99. The van der Waals surface area contributed by atoms with Crippen molar-refractivity contribution in [1.29, 1.82) is 0 Å². The molecule has 6 heteroatoms. The zero-order valence-corrected chi connectivity index (χ0v) is 10.2. The fraction of sp³-hybridized carbons (Fsp3) is 0.333. The average Bonchev–Trinajstić information content (AvgIpc) is 2.29. The highest BCUT2D eigenvalue weighted by Crippen LogP contribution is 2.01. The molecular formula is C12H20N6. The van der Waals surface area contributed by atoms with Crippen molar-refractivity contribution in [3.8, 4) is 0 Å². The van der Waals surface area contributed by atoms with Crippen LogP contribution < -0.4 is 11.5 Å². The van der Waals surface area contributed by atoms with Crippen molar-refractivity contribution in [2.75, 3.05) is 11.5 Å². The van der Waals surface area contributed by atoms with E-state index in [-0.39, 0.29) is 7.43 Å². The van der Waals surface area contributed by atoms with E-state index in [1.54, 1.807) is 12.4 Å². The summed E-state index contributed by atoms with van der Waals surface area (Å²) in [5, 5.41) is 0. The molecule has 0 fully saturated rings. The van der Waals surface area contributed by atoms with Gasteiger partial charge in [0.2, 0.25) is 0 Å². The predicted molar refractivity (Wildman–Crippen MR) is 73.8 cm³/mol. The van der Waals surface area contributed by atoms with Crippen LogP contribution in [-0.2, 0) is 0 Å². The van der Waals surface area contributed by atoms with E-state index in [0.29, 0.717) is 11.6 Å². The zero-order chi connectivity index (χ0) is 12.8. The van der Waals surface area contributed by atoms with Crippen molar-refractivity contribution in [1.82, 2.24) is 19.9 Å². The summed E-state index contributed by atoms with van der Waals surface area (Å²) in [4.78, 5) is 15.7. The van der Waals surface area contributed by atoms with Gasteiger partial charge in [0.1, 0.15) is 11.6 Å². The Kier molecular flexibility index (Phi) is 6.27. The summed E-state index contributed by atoms with van der Waals surface area (Å²) in [6.07, 6.45) is 4.83. The van der Waals surface area contributed by atoms with Gasteiger partial charge < -0.3 is 11.5 Å². The average molecular weight is 248 g/mol. The topological polar surface area (TPSA) is 104 Å². The van der Waals surface area contributed by atoms with Crippen LogP contribution >= 0.6 is 0 Å². The minimum absolute atomic E-state index is 0. The van der Waals surface area contributed by atoms with Crippen LogP contribution in [0, 0.1) is 20.8 Å². The van der Waals surface area contributed by atoms with E-state index >= 15 is 0 Å². The molecule has 0 saturated carbocycles. The fourth-order valence-corrected chi connectivity index (χ4v) is 1.01. The number of rotatable bonds is 0. The SMILES string of the molecule is C.Cc1cnc(N)c(C)n1.Cc1cnc(N)cn1. The third-order valence-electron chi connectivity index (χ3n) is 1.91. The minimum atomic E-state index is 0. The van der Waals surface area contributed by atoms with Crippen LogP contribution in [0.4, 0.5) is 11.6 Å². The Balaban J connectivity index is 0.000000306. The summed E-state index contributed by atoms with van der Waals surface area (Å²) < 4.78 is 0. The number of hydrogen-bond donors (Lipinski definition) is 2. The lowest BCUT2D eigenvalue weighted by Crippen LogP contribution is -1.97. The van der Waals surface area contributed by atoms with Crippen molar-refractivity contribution in [3.63, 3.8) is 0 Å². The summed E-state index contributed by atoms with van der Waals surface area (Å²) in [7, 11) is 0. The first-order valence-corrected chi connectivity index (χ1v) is 5.09. The van der Waals surface area contributed by atoms with Gasteiger partial charge in [-0.25, -0.2) is 9.97 Å². The molecular weight excluding hydrogens is 228 g/mol. The maximum absolute atomic E-state index is 5.42. The molecule has 2 rings (SSSR count). The van der Waals surface area contributed by atoms with Crippen molar-refractivity contribution in [2.24, 2.45) is 0 Å². The molecule has 0 aliphatic carbocycles. The normalized spacial score (nSPS) is 8.83. The molecule has 4 N–H and O–H groups in total. The van der Waals surface area contributed by atoms with E-state index < -0.39 is 0 Å². The Morgan fingerprint density at radius 3 is 1.83 bits per heavy atom. The van der Waals surface area contributed by atoms with Gasteiger partial charge in [-0.2, -0.15) is 0 Å². The highest BCUT2D eigenvalue weighted by atomic mass is 14.9. The minimum Gasteiger partial charge on any atom is -0.382 e. The Labute approximate surface area is 108 Å². The first kappa shape index (κ1) is 15.8. The van der Waals surface area contributed by atoms with E-state index in [2.05, 4.69) is 19.9 Å². The molecule has 0 unspecified atom stereocenters. The van der Waals surface area contributed by atoms with Gasteiger partial charge in [0.15, 0.2) is 0 Å². The second-order valence-electron chi connectivity index (χ2n) is 3.56. The Morgan fingerprint density at radius 1 is 0.833 bits per heavy atom. The molecule has 98 valence electrons. The molecule has 2 aromatic heterocycles. The molecule has 0 aliphatic heterocycles. The smallest absolute Gasteiger partial charge is 0.144 e. The molecule has 0 radical (unpaired) electrons. The van der Waals surface area contributed by atoms with Crippen LogP contribution in [0.5, 0.6) is 0 Å². The quantitative estimate of drug-likeness (QED) is 0.735. The fourth-order valence-electron chi connectivity index (χ4n) is 1.01. The third kappa shape index (κ3) is 5.20. The van der Waals surface area contributed by atoms with E-state index in [4.69, 9.17) is 11.5 Å². The number of aromatic nitrogens is 4. The van der Waals surface area contributed by atoms with Crippen LogP contribution in [0.3, 0.4) is 0 Å². The number of aryl methyl sites for hydroxylation is 3. The molecule has 0 saturated heterocycles. The van der Waals surface area contributed by atoms with Crippen molar-refractivity contribution >= 4 is 11.6 Å². The molecule has 0 bridgehead atoms. The molecule has 18 heavy (non-hydrogen) atoms. The van der Waals surface area contributed by atoms with Crippen LogP contribution in [0.1, 0.15) is 24.5 Å². The van der Waals surface area contributed by atoms with Crippen LogP contribution in [0.15, 0.2) is 18.6 Å². The summed E-state index contributed by atoms with van der Waals surface area (Å²) in [6.45, 7) is 5.60. The summed E-state index contributed by atoms with van der Waals surface area (Å²) in [6, 6.07) is 0. The number of nitrogens with two attached hydrogens (primary N) is 2. The highest BCUT2D eigenvalue weighted by molar-refractivity contribution is 5.32. The molecule has 0 aromatic carbocycles. The second kappa shape index (κ2) is 7.16. The largest absolute Gasteiger partial charge is 0.382 e. The highest BCUT2D eigenvalue weighted by Gasteiger charge is 1.93. The maximum Gasteiger partial charge on any atom is 0.144 e. The summed E-state index contributed by atoms with van der Waals surface area (Å²) in [5.41, 5.74) is 13.3. The van der Waals surface area contributed by atoms with Gasteiger partial charge in [-0.15, -0.1) is 0 Å². The monoisotopic (exact) mass is 248 g/mol. The number of hydrogen-bond acceptors (Lipinski definition) is 6. The number of nitrogen functional groups attached to an aromatic ring is 2. The van der Waals surface area contributed by atoms with E-state index in [1.807, 2.05) is 20.8 Å². The zero-order valence-electron chi connectivity index (χ0n) is 10.2. The third-order valence-corrected chi connectivity index (χ3v) is 1.91. The van der Waals surface area contributed by atoms with E-state index in [0.717, 1.165) is 17.1 Å². The summed E-state index contributed by atoms with van der Waals surface area (Å²) >= 11 is 0. The van der Waals surface area contributed by atoms with Gasteiger partial charge in [0.05, 0.1) is 35.7 Å². The van der Waals surface area contributed by atoms with Crippen molar-refractivity contribution in [3.05, 3.63) is 35.7 Å². The second-order valence-corrected chi connectivity index (χ2v) is 3.56. The van der Waals surface area contributed by atoms with Crippen LogP contribution in [0.25, 0.3) is 0 Å². The van der Waals surface area contributed by atoms with Crippen molar-refractivity contribution in [2.45, 2.75) is 28.2 Å². The lowest BCUT2D eigenvalue weighted by molar-refractivity contribution is 1.06. The van der Waals surface area contributed by atoms with Gasteiger partial charge in [0, 0.05) is 0 Å². The standard InChI is InChI=1S/C6H9N3.C5H7N3.CH4/c1-4-3-8-6(7)5(2)9-4;1-4-2-8-5(6)3-7-4;/h3H,1-2H3,(H2,7,8);2-3H,1H3,(H2,6,8);1H4. The Bertz CT molecular complexity index is 459. The Hall–Kier alpha value is -2.24. The lowest BCUT2D eigenvalue weighted by Gasteiger charge is -1.96. The van der Waals surface area contributed by atoms with Crippen molar-refractivity contribution < 1.29 is 0 Å². The van der Waals surface area contributed by atoms with Gasteiger partial charge in [-0.3, -0.25) is 9.97 Å². The summed E-state index contributed by atoms with van der Waals surface area (Å²) in [5.74, 6) is 0.983. The molecule has 2 heterocycles. The molecule has 2 aromatic rings. The first-order valence-electron chi connectivity index (χ1n) is 5.09. The van der Waals surface area contributed by atoms with Gasteiger partial charge in [-0.1, -0.05) is 7.43 Å². The van der Waals surface area contributed by atoms with Crippen LogP contribution in [0.2, 0.25) is 0 Å². The molecule has 6 nitrogen and oxygen atoms in total. The number of nitrogens with zero attached hydrogens (tertiary/aromatic N) is 4. The van der Waals surface area contributed by atoms with E-state index in [1.165, 1.54) is 6.20 Å². The molecule has 0 atom stereocenters. The predicted octanol–water partition coefficient (Wildman–Crippen LogP) is 1.68. The van der Waals surface area contributed by atoms with Gasteiger partial charge in [0.25, 0.3) is 0 Å². The molecule has 0 aliphatic rings. The molecule has 0 spiro atoms. The lowest BCUT2D eigenvalue weighted by atomic mass is 10.4.